The summed E-state index contributed by atoms with van der Waals surface area (Å²) in [6, 6.07) is 0.000804. The third-order valence-electron chi connectivity index (χ3n) is 5.15. The lowest BCUT2D eigenvalue weighted by atomic mass is 9.82. The highest BCUT2D eigenvalue weighted by Crippen LogP contribution is 2.35. The Kier molecular flexibility index (Phi) is 5.01. The van der Waals surface area contributed by atoms with E-state index < -0.39 is 10.0 Å². The quantitative estimate of drug-likeness (QED) is 0.863. The molecular weight excluding hydrogens is 328 g/mol. The largest absolute Gasteiger partial charge is 0.375 e. The molecule has 7 nitrogen and oxygen atoms in total. The third kappa shape index (κ3) is 4.36. The van der Waals surface area contributed by atoms with E-state index in [-0.39, 0.29) is 11.6 Å². The van der Waals surface area contributed by atoms with E-state index in [1.54, 1.807) is 0 Å². The molecule has 1 N–H and O–H groups in total. The summed E-state index contributed by atoms with van der Waals surface area (Å²) in [4.78, 5) is 2.44. The van der Waals surface area contributed by atoms with Crippen LogP contribution < -0.4 is 4.72 Å². The molecule has 1 unspecified atom stereocenters. The number of hydrogen-bond donors (Lipinski definition) is 1. The summed E-state index contributed by atoms with van der Waals surface area (Å²) in [5.74, 6) is 0. The van der Waals surface area contributed by atoms with Gasteiger partial charge in [0.2, 0.25) is 10.0 Å². The molecule has 0 saturated carbocycles. The lowest BCUT2D eigenvalue weighted by molar-refractivity contribution is -0.118. The first kappa shape index (κ1) is 17.8. The van der Waals surface area contributed by atoms with Crippen molar-refractivity contribution < 1.29 is 13.2 Å². The van der Waals surface area contributed by atoms with Crippen LogP contribution in [-0.2, 0) is 28.4 Å². The molecule has 0 radical (unpaired) electrons. The SMILES string of the molecule is Cc1nn(C)cc1CN1CCC2(CC1)CC(NS(C)(=O)=O)CCO2. The van der Waals surface area contributed by atoms with E-state index in [9.17, 15) is 8.42 Å². The molecule has 0 bridgehead atoms. The van der Waals surface area contributed by atoms with E-state index in [4.69, 9.17) is 4.74 Å². The zero-order valence-corrected chi connectivity index (χ0v) is 15.6. The summed E-state index contributed by atoms with van der Waals surface area (Å²) in [6.45, 7) is 5.54. The maximum absolute atomic E-state index is 11.5. The van der Waals surface area contributed by atoms with Gasteiger partial charge in [0.25, 0.3) is 0 Å². The number of aromatic nitrogens is 2. The van der Waals surface area contributed by atoms with Crippen molar-refractivity contribution in [3.8, 4) is 0 Å². The van der Waals surface area contributed by atoms with Gasteiger partial charge in [-0.1, -0.05) is 0 Å². The number of piperidine rings is 1. The Morgan fingerprint density at radius 1 is 1.42 bits per heavy atom. The van der Waals surface area contributed by atoms with Gasteiger partial charge in [0.1, 0.15) is 0 Å². The Morgan fingerprint density at radius 2 is 2.12 bits per heavy atom. The first-order chi connectivity index (χ1) is 11.2. The van der Waals surface area contributed by atoms with Gasteiger partial charge in [0.15, 0.2) is 0 Å². The van der Waals surface area contributed by atoms with Gasteiger partial charge in [0.05, 0.1) is 17.6 Å². The summed E-state index contributed by atoms with van der Waals surface area (Å²) >= 11 is 0. The van der Waals surface area contributed by atoms with Crippen LogP contribution in [0.25, 0.3) is 0 Å². The second kappa shape index (κ2) is 6.74. The number of rotatable bonds is 4. The number of nitrogens with zero attached hydrogens (tertiary/aromatic N) is 3. The lowest BCUT2D eigenvalue weighted by Gasteiger charge is -2.46. The van der Waals surface area contributed by atoms with Crippen molar-refractivity contribution in [2.45, 2.75) is 50.8 Å². The summed E-state index contributed by atoms with van der Waals surface area (Å²) in [7, 11) is -1.21. The van der Waals surface area contributed by atoms with Gasteiger partial charge < -0.3 is 4.74 Å². The van der Waals surface area contributed by atoms with Crippen molar-refractivity contribution in [1.82, 2.24) is 19.4 Å². The molecule has 3 heterocycles. The van der Waals surface area contributed by atoms with Crippen LogP contribution in [0.15, 0.2) is 6.20 Å². The topological polar surface area (TPSA) is 76.5 Å². The molecule has 1 aromatic heterocycles. The number of hydrogen-bond acceptors (Lipinski definition) is 5. The van der Waals surface area contributed by atoms with Crippen LogP contribution in [0, 0.1) is 6.92 Å². The van der Waals surface area contributed by atoms with Gasteiger partial charge in [-0.3, -0.25) is 9.58 Å². The normalized spacial score (nSPS) is 25.2. The fourth-order valence-electron chi connectivity index (χ4n) is 3.94. The van der Waals surface area contributed by atoms with Gasteiger partial charge in [-0.05, 0) is 32.6 Å². The van der Waals surface area contributed by atoms with Gasteiger partial charge in [-0.15, -0.1) is 0 Å². The summed E-state index contributed by atoms with van der Waals surface area (Å²) in [5, 5.41) is 4.40. The Hall–Kier alpha value is -0.960. The van der Waals surface area contributed by atoms with E-state index in [0.717, 1.165) is 51.0 Å². The monoisotopic (exact) mass is 356 g/mol. The molecular formula is C16H28N4O3S. The molecule has 0 aromatic carbocycles. The van der Waals surface area contributed by atoms with Gasteiger partial charge in [-0.25, -0.2) is 13.1 Å². The molecule has 136 valence electrons. The van der Waals surface area contributed by atoms with E-state index >= 15 is 0 Å². The molecule has 2 aliphatic heterocycles. The Morgan fingerprint density at radius 3 is 2.71 bits per heavy atom. The Labute approximate surface area is 144 Å². The second-order valence-electron chi connectivity index (χ2n) is 7.30. The van der Waals surface area contributed by atoms with Crippen LogP contribution >= 0.6 is 0 Å². The molecule has 1 atom stereocenters. The highest BCUT2D eigenvalue weighted by molar-refractivity contribution is 7.88. The zero-order valence-electron chi connectivity index (χ0n) is 14.8. The molecule has 1 aromatic rings. The van der Waals surface area contributed by atoms with E-state index in [2.05, 4.69) is 20.9 Å². The highest BCUT2D eigenvalue weighted by Gasteiger charge is 2.40. The lowest BCUT2D eigenvalue weighted by Crippen LogP contribution is -2.53. The minimum Gasteiger partial charge on any atom is -0.375 e. The molecule has 0 amide bonds. The first-order valence-corrected chi connectivity index (χ1v) is 10.5. The molecule has 3 rings (SSSR count). The van der Waals surface area contributed by atoms with Crippen LogP contribution in [0.2, 0.25) is 0 Å². The van der Waals surface area contributed by atoms with Crippen LogP contribution in [0.5, 0.6) is 0 Å². The number of nitrogens with one attached hydrogen (secondary N) is 1. The maximum Gasteiger partial charge on any atom is 0.208 e. The highest BCUT2D eigenvalue weighted by atomic mass is 32.2. The number of sulfonamides is 1. The number of likely N-dealkylation sites (tertiary alicyclic amines) is 1. The number of aryl methyl sites for hydroxylation is 2. The van der Waals surface area contributed by atoms with Crippen LogP contribution in [-0.4, -0.2) is 60.7 Å². The fourth-order valence-corrected chi connectivity index (χ4v) is 4.75. The third-order valence-corrected chi connectivity index (χ3v) is 5.91. The number of ether oxygens (including phenoxy) is 1. The minimum atomic E-state index is -3.16. The first-order valence-electron chi connectivity index (χ1n) is 8.57. The zero-order chi connectivity index (χ0) is 17.4. The van der Waals surface area contributed by atoms with Crippen molar-refractivity contribution in [3.63, 3.8) is 0 Å². The Bertz CT molecular complexity index is 677. The average molecular weight is 356 g/mol. The average Bonchev–Trinajstić information content (AvgIpc) is 2.78. The van der Waals surface area contributed by atoms with Crippen LogP contribution in [0.3, 0.4) is 0 Å². The molecule has 24 heavy (non-hydrogen) atoms. The van der Waals surface area contributed by atoms with Crippen molar-refractivity contribution in [2.24, 2.45) is 7.05 Å². The predicted molar refractivity (Wildman–Crippen MR) is 92.1 cm³/mol. The van der Waals surface area contributed by atoms with Crippen LogP contribution in [0.1, 0.15) is 36.9 Å². The van der Waals surface area contributed by atoms with Crippen molar-refractivity contribution >= 4 is 10.0 Å². The minimum absolute atomic E-state index is 0.000804. The summed E-state index contributed by atoms with van der Waals surface area (Å²) in [6.07, 6.45) is 6.76. The van der Waals surface area contributed by atoms with E-state index in [1.807, 2.05) is 18.7 Å². The van der Waals surface area contributed by atoms with E-state index in [1.165, 1.54) is 11.8 Å². The predicted octanol–water partition coefficient (Wildman–Crippen LogP) is 0.791. The smallest absolute Gasteiger partial charge is 0.208 e. The second-order valence-corrected chi connectivity index (χ2v) is 9.08. The summed E-state index contributed by atoms with van der Waals surface area (Å²) in [5.41, 5.74) is 2.19. The van der Waals surface area contributed by atoms with E-state index in [0.29, 0.717) is 6.61 Å². The molecule has 8 heteroatoms. The van der Waals surface area contributed by atoms with Gasteiger partial charge >= 0.3 is 0 Å². The molecule has 1 spiro atoms. The van der Waals surface area contributed by atoms with Crippen LogP contribution in [0.4, 0.5) is 0 Å². The van der Waals surface area contributed by atoms with Crippen molar-refractivity contribution in [3.05, 3.63) is 17.5 Å². The standard InChI is InChI=1S/C16H28N4O3S/c1-13-14(11-19(2)17-13)12-20-7-5-16(6-8-20)10-15(4-9-23-16)18-24(3,21)22/h11,15,18H,4-10,12H2,1-3H3. The van der Waals surface area contributed by atoms with Gasteiger partial charge in [0, 0.05) is 51.1 Å². The molecule has 2 aliphatic rings. The maximum atomic E-state index is 11.5. The fraction of sp³-hybridized carbons (Fsp3) is 0.812. The molecule has 2 fully saturated rings. The summed E-state index contributed by atoms with van der Waals surface area (Å²) < 4.78 is 33.7. The Balaban J connectivity index is 1.56. The van der Waals surface area contributed by atoms with Crippen molar-refractivity contribution in [2.75, 3.05) is 26.0 Å². The van der Waals surface area contributed by atoms with Gasteiger partial charge in [-0.2, -0.15) is 5.10 Å². The van der Waals surface area contributed by atoms with Crippen molar-refractivity contribution in [1.29, 1.82) is 0 Å². The molecule has 0 aliphatic carbocycles. The molecule has 2 saturated heterocycles.